The summed E-state index contributed by atoms with van der Waals surface area (Å²) in [6.07, 6.45) is 1.53. The third-order valence-corrected chi connectivity index (χ3v) is 3.36. The van der Waals surface area contributed by atoms with E-state index < -0.39 is 0 Å². The van der Waals surface area contributed by atoms with Crippen LogP contribution in [0.25, 0.3) is 0 Å². The van der Waals surface area contributed by atoms with Gasteiger partial charge in [0, 0.05) is 13.2 Å². The van der Waals surface area contributed by atoms with Gasteiger partial charge in [0.2, 0.25) is 0 Å². The predicted octanol–water partition coefficient (Wildman–Crippen LogP) is 1.14. The van der Waals surface area contributed by atoms with Crippen molar-refractivity contribution in [3.8, 4) is 0 Å². The van der Waals surface area contributed by atoms with Crippen LogP contribution in [-0.4, -0.2) is 29.7 Å². The van der Waals surface area contributed by atoms with Gasteiger partial charge in [-0.3, -0.25) is 4.79 Å². The molecular formula is C7H11IO3. The second-order valence-corrected chi connectivity index (χ2v) is 4.63. The van der Waals surface area contributed by atoms with E-state index in [1.54, 1.807) is 0 Å². The fourth-order valence-corrected chi connectivity index (χ4v) is 1.74. The lowest BCUT2D eigenvalue weighted by Crippen LogP contribution is -2.38. The van der Waals surface area contributed by atoms with Gasteiger partial charge in [0.05, 0.1) is 7.11 Å². The largest absolute Gasteiger partial charge is 0.468 e. The molecule has 11 heavy (non-hydrogen) atoms. The summed E-state index contributed by atoms with van der Waals surface area (Å²) in [6.45, 7) is 1.33. The van der Waals surface area contributed by atoms with Gasteiger partial charge < -0.3 is 9.47 Å². The summed E-state index contributed by atoms with van der Waals surface area (Å²) in [5.74, 6) is -0.124. The van der Waals surface area contributed by atoms with E-state index in [4.69, 9.17) is 9.47 Å². The molecule has 0 aromatic rings. The molecule has 64 valence electrons. The number of alkyl halides is 1. The van der Waals surface area contributed by atoms with Gasteiger partial charge in [-0.2, -0.15) is 0 Å². The number of halogens is 1. The first-order chi connectivity index (χ1) is 5.19. The van der Waals surface area contributed by atoms with E-state index in [0.717, 1.165) is 12.8 Å². The van der Waals surface area contributed by atoms with Gasteiger partial charge in [-0.25, -0.2) is 0 Å². The topological polar surface area (TPSA) is 35.5 Å². The number of hydrogen-bond acceptors (Lipinski definition) is 3. The summed E-state index contributed by atoms with van der Waals surface area (Å²) in [5, 5.41) is 0. The van der Waals surface area contributed by atoms with E-state index in [2.05, 4.69) is 22.6 Å². The van der Waals surface area contributed by atoms with Crippen LogP contribution in [0.2, 0.25) is 0 Å². The molecule has 1 fully saturated rings. The van der Waals surface area contributed by atoms with Gasteiger partial charge in [0.15, 0.2) is 0 Å². The molecule has 0 atom stereocenters. The molecule has 0 aliphatic carbocycles. The molecule has 0 aromatic carbocycles. The van der Waals surface area contributed by atoms with Crippen molar-refractivity contribution < 1.29 is 14.3 Å². The van der Waals surface area contributed by atoms with Crippen molar-refractivity contribution in [1.29, 1.82) is 0 Å². The Balaban J connectivity index is 2.56. The Morgan fingerprint density at radius 2 is 2.09 bits per heavy atom. The molecule has 4 heteroatoms. The Labute approximate surface area is 79.6 Å². The van der Waals surface area contributed by atoms with E-state index in [9.17, 15) is 4.79 Å². The Bertz CT molecular complexity index is 152. The van der Waals surface area contributed by atoms with Crippen LogP contribution in [0, 0.1) is 0 Å². The van der Waals surface area contributed by atoms with Crippen molar-refractivity contribution >= 4 is 28.6 Å². The second-order valence-electron chi connectivity index (χ2n) is 2.57. The number of esters is 1. The summed E-state index contributed by atoms with van der Waals surface area (Å²) < 4.78 is 9.51. The van der Waals surface area contributed by atoms with Crippen molar-refractivity contribution in [3.63, 3.8) is 0 Å². The fraction of sp³-hybridized carbons (Fsp3) is 0.857. The third-order valence-electron chi connectivity index (χ3n) is 1.84. The average molecular weight is 270 g/mol. The van der Waals surface area contributed by atoms with Crippen LogP contribution in [0.1, 0.15) is 12.8 Å². The van der Waals surface area contributed by atoms with E-state index in [1.165, 1.54) is 7.11 Å². The van der Waals surface area contributed by atoms with Crippen LogP contribution in [0.15, 0.2) is 0 Å². The summed E-state index contributed by atoms with van der Waals surface area (Å²) in [5.41, 5.74) is 0. The highest BCUT2D eigenvalue weighted by atomic mass is 127. The van der Waals surface area contributed by atoms with Crippen LogP contribution in [0.5, 0.6) is 0 Å². The maximum Gasteiger partial charge on any atom is 0.321 e. The van der Waals surface area contributed by atoms with Crippen LogP contribution in [0.4, 0.5) is 0 Å². The molecule has 1 aliphatic rings. The highest BCUT2D eigenvalue weighted by Crippen LogP contribution is 2.31. The van der Waals surface area contributed by atoms with E-state index in [1.807, 2.05) is 0 Å². The molecule has 1 aliphatic heterocycles. The van der Waals surface area contributed by atoms with Gasteiger partial charge in [-0.15, -0.1) is 0 Å². The molecule has 1 rings (SSSR count). The minimum absolute atomic E-state index is 0.124. The molecule has 0 aromatic heterocycles. The molecule has 1 heterocycles. The van der Waals surface area contributed by atoms with Crippen LogP contribution in [0.3, 0.4) is 0 Å². The lowest BCUT2D eigenvalue weighted by molar-refractivity contribution is -0.145. The molecule has 0 saturated carbocycles. The molecule has 0 radical (unpaired) electrons. The minimum atomic E-state index is -0.329. The molecule has 0 amide bonds. The molecule has 0 spiro atoms. The van der Waals surface area contributed by atoms with Crippen LogP contribution < -0.4 is 0 Å². The number of ether oxygens (including phenoxy) is 2. The first kappa shape index (κ1) is 9.25. The Morgan fingerprint density at radius 1 is 1.55 bits per heavy atom. The quantitative estimate of drug-likeness (QED) is 0.407. The number of rotatable bonds is 1. The summed E-state index contributed by atoms with van der Waals surface area (Å²) >= 11 is 2.16. The highest BCUT2D eigenvalue weighted by Gasteiger charge is 2.38. The van der Waals surface area contributed by atoms with Gasteiger partial charge in [-0.05, 0) is 12.8 Å². The van der Waals surface area contributed by atoms with Crippen molar-refractivity contribution in [2.24, 2.45) is 0 Å². The molecular weight excluding hydrogens is 259 g/mol. The monoisotopic (exact) mass is 270 g/mol. The third kappa shape index (κ3) is 2.05. The molecule has 0 bridgehead atoms. The van der Waals surface area contributed by atoms with Gasteiger partial charge >= 0.3 is 5.97 Å². The van der Waals surface area contributed by atoms with Crippen LogP contribution >= 0.6 is 22.6 Å². The summed E-state index contributed by atoms with van der Waals surface area (Å²) in [7, 11) is 1.43. The Kier molecular flexibility index (Phi) is 3.12. The first-order valence-corrected chi connectivity index (χ1v) is 4.62. The van der Waals surface area contributed by atoms with Gasteiger partial charge in [-0.1, -0.05) is 22.6 Å². The molecule has 0 N–H and O–H groups in total. The van der Waals surface area contributed by atoms with Crippen LogP contribution in [-0.2, 0) is 14.3 Å². The van der Waals surface area contributed by atoms with Gasteiger partial charge in [0.1, 0.15) is 3.42 Å². The normalized spacial score (nSPS) is 22.7. The first-order valence-electron chi connectivity index (χ1n) is 3.54. The SMILES string of the molecule is COC(=O)C1(I)CCOCC1. The standard InChI is InChI=1S/C7H11IO3/c1-10-6(9)7(8)2-4-11-5-3-7/h2-5H2,1H3. The molecule has 3 nitrogen and oxygen atoms in total. The number of carbonyl (C=O) groups is 1. The number of hydrogen-bond donors (Lipinski definition) is 0. The maximum absolute atomic E-state index is 11.2. The van der Waals surface area contributed by atoms with E-state index >= 15 is 0 Å². The summed E-state index contributed by atoms with van der Waals surface area (Å²) in [4.78, 5) is 11.2. The number of methoxy groups -OCH3 is 1. The van der Waals surface area contributed by atoms with E-state index in [-0.39, 0.29) is 9.39 Å². The zero-order chi connectivity index (χ0) is 8.32. The molecule has 0 unspecified atom stereocenters. The molecule has 1 saturated heterocycles. The lowest BCUT2D eigenvalue weighted by Gasteiger charge is -2.28. The van der Waals surface area contributed by atoms with Crippen molar-refractivity contribution in [2.45, 2.75) is 16.3 Å². The van der Waals surface area contributed by atoms with E-state index in [0.29, 0.717) is 13.2 Å². The van der Waals surface area contributed by atoms with Crippen molar-refractivity contribution in [2.75, 3.05) is 20.3 Å². The summed E-state index contributed by atoms with van der Waals surface area (Å²) in [6, 6.07) is 0. The van der Waals surface area contributed by atoms with Crippen molar-refractivity contribution in [3.05, 3.63) is 0 Å². The Morgan fingerprint density at radius 3 is 2.55 bits per heavy atom. The zero-order valence-corrected chi connectivity index (χ0v) is 8.59. The predicted molar refractivity (Wildman–Crippen MR) is 48.8 cm³/mol. The smallest absolute Gasteiger partial charge is 0.321 e. The maximum atomic E-state index is 11.2. The Hall–Kier alpha value is 0.160. The second kappa shape index (κ2) is 3.71. The van der Waals surface area contributed by atoms with Gasteiger partial charge in [0.25, 0.3) is 0 Å². The zero-order valence-electron chi connectivity index (χ0n) is 6.43. The lowest BCUT2D eigenvalue weighted by atomic mass is 10.0. The van der Waals surface area contributed by atoms with Crippen molar-refractivity contribution in [1.82, 2.24) is 0 Å². The highest BCUT2D eigenvalue weighted by molar-refractivity contribution is 14.1. The minimum Gasteiger partial charge on any atom is -0.468 e. The average Bonchev–Trinajstić information content (AvgIpc) is 2.04. The number of carbonyl (C=O) groups excluding carboxylic acids is 1. The fourth-order valence-electron chi connectivity index (χ4n) is 1.08.